The van der Waals surface area contributed by atoms with Gasteiger partial charge in [0.2, 0.25) is 0 Å². The zero-order chi connectivity index (χ0) is 11.5. The summed E-state index contributed by atoms with van der Waals surface area (Å²) in [7, 11) is 0. The van der Waals surface area contributed by atoms with E-state index in [1.165, 1.54) is 44.9 Å². The van der Waals surface area contributed by atoms with Crippen LogP contribution in [0.25, 0.3) is 0 Å². The highest BCUT2D eigenvalue weighted by molar-refractivity contribution is 5.22. The number of hydrogen-bond acceptors (Lipinski definition) is 1. The summed E-state index contributed by atoms with van der Waals surface area (Å²) >= 11 is 0. The first-order valence-corrected chi connectivity index (χ1v) is 7.24. The lowest BCUT2D eigenvalue weighted by Crippen LogP contribution is -2.46. The van der Waals surface area contributed by atoms with Gasteiger partial charge in [-0.15, -0.1) is 0 Å². The Morgan fingerprint density at radius 3 is 2.29 bits per heavy atom. The van der Waals surface area contributed by atoms with Crippen molar-refractivity contribution in [3.8, 4) is 0 Å². The molecule has 92 valence electrons. The average molecular weight is 229 g/mol. The van der Waals surface area contributed by atoms with E-state index in [1.54, 1.807) is 5.56 Å². The molecule has 0 spiro atoms. The summed E-state index contributed by atoms with van der Waals surface area (Å²) in [4.78, 5) is 0. The van der Waals surface area contributed by atoms with Gasteiger partial charge >= 0.3 is 0 Å². The molecule has 0 bridgehead atoms. The molecule has 1 aromatic rings. The number of hydrogen-bond donors (Lipinski definition) is 1. The molecule has 0 amide bonds. The number of rotatable bonds is 3. The molecule has 0 heterocycles. The van der Waals surface area contributed by atoms with Gasteiger partial charge in [-0.25, -0.2) is 0 Å². The Labute approximate surface area is 105 Å². The molecule has 1 nitrogen and oxygen atoms in total. The molecule has 2 aliphatic carbocycles. The predicted molar refractivity (Wildman–Crippen MR) is 72.2 cm³/mol. The highest BCUT2D eigenvalue weighted by Crippen LogP contribution is 2.34. The normalized spacial score (nSPS) is 29.9. The maximum absolute atomic E-state index is 3.90. The summed E-state index contributed by atoms with van der Waals surface area (Å²) in [6, 6.07) is 12.7. The maximum atomic E-state index is 3.90. The van der Waals surface area contributed by atoms with Crippen LogP contribution < -0.4 is 5.32 Å². The molecule has 0 radical (unpaired) electrons. The minimum Gasteiger partial charge on any atom is -0.311 e. The van der Waals surface area contributed by atoms with Gasteiger partial charge in [0.05, 0.1) is 0 Å². The zero-order valence-electron chi connectivity index (χ0n) is 10.6. The second kappa shape index (κ2) is 5.22. The van der Waals surface area contributed by atoms with Gasteiger partial charge in [0.15, 0.2) is 0 Å². The molecule has 2 fully saturated rings. The van der Waals surface area contributed by atoms with E-state index in [0.29, 0.717) is 0 Å². The van der Waals surface area contributed by atoms with Crippen LogP contribution in [0.4, 0.5) is 0 Å². The molecule has 2 aliphatic rings. The van der Waals surface area contributed by atoms with E-state index in [4.69, 9.17) is 0 Å². The van der Waals surface area contributed by atoms with Crippen molar-refractivity contribution in [2.45, 2.75) is 62.9 Å². The molecule has 17 heavy (non-hydrogen) atoms. The Morgan fingerprint density at radius 2 is 1.59 bits per heavy atom. The van der Waals surface area contributed by atoms with Crippen LogP contribution in [0.1, 0.15) is 56.4 Å². The third-order valence-corrected chi connectivity index (χ3v) is 4.55. The fourth-order valence-electron chi connectivity index (χ4n) is 3.31. The first kappa shape index (κ1) is 11.3. The second-order valence-corrected chi connectivity index (χ2v) is 5.70. The molecule has 2 saturated carbocycles. The minimum atomic E-state index is 0.733. The standard InChI is InChI=1S/C16H23N/c1-2-7-13(8-3-1)15-11-4-5-12-16(15)17-14-9-6-10-14/h1-3,7-8,14-17H,4-6,9-12H2. The van der Waals surface area contributed by atoms with E-state index < -0.39 is 0 Å². The van der Waals surface area contributed by atoms with Gasteiger partial charge in [0, 0.05) is 12.1 Å². The molecule has 2 unspecified atom stereocenters. The van der Waals surface area contributed by atoms with Gasteiger partial charge < -0.3 is 5.32 Å². The minimum absolute atomic E-state index is 0.733. The van der Waals surface area contributed by atoms with Crippen LogP contribution in [-0.2, 0) is 0 Å². The molecule has 0 aromatic heterocycles. The Kier molecular flexibility index (Phi) is 3.46. The highest BCUT2D eigenvalue weighted by atomic mass is 15.0. The molecule has 1 aromatic carbocycles. The van der Waals surface area contributed by atoms with Crippen LogP contribution in [0.5, 0.6) is 0 Å². The molecule has 3 rings (SSSR count). The second-order valence-electron chi connectivity index (χ2n) is 5.70. The van der Waals surface area contributed by atoms with Crippen molar-refractivity contribution in [1.82, 2.24) is 5.32 Å². The van der Waals surface area contributed by atoms with Crippen LogP contribution in [0.2, 0.25) is 0 Å². The van der Waals surface area contributed by atoms with Gasteiger partial charge in [0.1, 0.15) is 0 Å². The Bertz CT molecular complexity index is 342. The Hall–Kier alpha value is -0.820. The molecule has 0 saturated heterocycles. The predicted octanol–water partition coefficient (Wildman–Crippen LogP) is 3.85. The Balaban J connectivity index is 1.70. The molecule has 0 aliphatic heterocycles. The van der Waals surface area contributed by atoms with Crippen molar-refractivity contribution in [2.24, 2.45) is 0 Å². The SMILES string of the molecule is c1ccc(C2CCCCC2NC2CCC2)cc1. The average Bonchev–Trinajstić information content (AvgIpc) is 2.35. The van der Waals surface area contributed by atoms with Crippen LogP contribution >= 0.6 is 0 Å². The van der Waals surface area contributed by atoms with Gasteiger partial charge in [0.25, 0.3) is 0 Å². The molecular formula is C16H23N. The van der Waals surface area contributed by atoms with E-state index in [-0.39, 0.29) is 0 Å². The topological polar surface area (TPSA) is 12.0 Å². The first-order valence-electron chi connectivity index (χ1n) is 7.24. The molecule has 2 atom stereocenters. The van der Waals surface area contributed by atoms with Gasteiger partial charge in [-0.05, 0) is 37.2 Å². The smallest absolute Gasteiger partial charge is 0.0138 e. The third kappa shape index (κ3) is 2.55. The summed E-state index contributed by atoms with van der Waals surface area (Å²) in [5.41, 5.74) is 1.55. The van der Waals surface area contributed by atoms with Crippen LogP contribution in [0, 0.1) is 0 Å². The van der Waals surface area contributed by atoms with Crippen LogP contribution in [0.3, 0.4) is 0 Å². The van der Waals surface area contributed by atoms with Crippen molar-refractivity contribution in [3.63, 3.8) is 0 Å². The van der Waals surface area contributed by atoms with Crippen LogP contribution in [0.15, 0.2) is 30.3 Å². The maximum Gasteiger partial charge on any atom is 0.0138 e. The third-order valence-electron chi connectivity index (χ3n) is 4.55. The lowest BCUT2D eigenvalue weighted by Gasteiger charge is -2.38. The van der Waals surface area contributed by atoms with Crippen molar-refractivity contribution in [3.05, 3.63) is 35.9 Å². The van der Waals surface area contributed by atoms with Crippen molar-refractivity contribution >= 4 is 0 Å². The summed E-state index contributed by atoms with van der Waals surface area (Å²) in [5, 5.41) is 3.90. The van der Waals surface area contributed by atoms with Gasteiger partial charge in [-0.1, -0.05) is 49.6 Å². The van der Waals surface area contributed by atoms with E-state index in [0.717, 1.165) is 18.0 Å². The fraction of sp³-hybridized carbons (Fsp3) is 0.625. The fourth-order valence-corrected chi connectivity index (χ4v) is 3.31. The number of nitrogens with one attached hydrogen (secondary N) is 1. The summed E-state index contributed by atoms with van der Waals surface area (Å²) < 4.78 is 0. The van der Waals surface area contributed by atoms with Gasteiger partial charge in [-0.3, -0.25) is 0 Å². The number of benzene rings is 1. The van der Waals surface area contributed by atoms with E-state index >= 15 is 0 Å². The van der Waals surface area contributed by atoms with Crippen molar-refractivity contribution in [1.29, 1.82) is 0 Å². The van der Waals surface area contributed by atoms with Crippen molar-refractivity contribution in [2.75, 3.05) is 0 Å². The van der Waals surface area contributed by atoms with Crippen LogP contribution in [-0.4, -0.2) is 12.1 Å². The lowest BCUT2D eigenvalue weighted by molar-refractivity contribution is 0.245. The quantitative estimate of drug-likeness (QED) is 0.830. The van der Waals surface area contributed by atoms with Crippen molar-refractivity contribution < 1.29 is 0 Å². The summed E-state index contributed by atoms with van der Waals surface area (Å²) in [6.07, 6.45) is 9.79. The highest BCUT2D eigenvalue weighted by Gasteiger charge is 2.29. The Morgan fingerprint density at radius 1 is 0.824 bits per heavy atom. The molecule has 1 N–H and O–H groups in total. The van der Waals surface area contributed by atoms with E-state index in [9.17, 15) is 0 Å². The largest absolute Gasteiger partial charge is 0.311 e. The van der Waals surface area contributed by atoms with E-state index in [2.05, 4.69) is 35.6 Å². The molecular weight excluding hydrogens is 206 g/mol. The zero-order valence-corrected chi connectivity index (χ0v) is 10.6. The molecule has 1 heteroatoms. The van der Waals surface area contributed by atoms with Gasteiger partial charge in [-0.2, -0.15) is 0 Å². The monoisotopic (exact) mass is 229 g/mol. The summed E-state index contributed by atoms with van der Waals surface area (Å²) in [5.74, 6) is 0.755. The summed E-state index contributed by atoms with van der Waals surface area (Å²) in [6.45, 7) is 0. The lowest BCUT2D eigenvalue weighted by atomic mass is 9.78. The first-order chi connectivity index (χ1) is 8.43. The van der Waals surface area contributed by atoms with E-state index in [1.807, 2.05) is 0 Å².